The molecular weight excluding hydrogens is 490 g/mol. The van der Waals surface area contributed by atoms with Crippen LogP contribution < -0.4 is 20.7 Å². The van der Waals surface area contributed by atoms with E-state index in [4.69, 9.17) is 4.74 Å². The highest BCUT2D eigenvalue weighted by atomic mass is 16.5. The molecule has 4 aromatic rings. The van der Waals surface area contributed by atoms with Gasteiger partial charge in [0.15, 0.2) is 0 Å². The van der Waals surface area contributed by atoms with Crippen LogP contribution in [0.15, 0.2) is 90.3 Å². The first kappa shape index (κ1) is 25.8. The molecule has 0 aliphatic carbocycles. The zero-order valence-corrected chi connectivity index (χ0v) is 22.4. The molecule has 39 heavy (non-hydrogen) atoms. The second kappa shape index (κ2) is 10.9. The van der Waals surface area contributed by atoms with Crippen LogP contribution in [0.1, 0.15) is 46.9 Å². The van der Waals surface area contributed by atoms with Crippen LogP contribution in [0.5, 0.6) is 5.75 Å². The van der Waals surface area contributed by atoms with Crippen molar-refractivity contribution in [2.75, 3.05) is 23.1 Å². The Morgan fingerprint density at radius 3 is 2.36 bits per heavy atom. The average Bonchev–Trinajstić information content (AvgIpc) is 3.37. The number of hydrogen-bond acceptors (Lipinski definition) is 5. The van der Waals surface area contributed by atoms with Crippen LogP contribution in [-0.2, 0) is 11.2 Å². The molecule has 1 aliphatic heterocycles. The third kappa shape index (κ3) is 5.13. The molecule has 2 heterocycles. The second-order valence-electron chi connectivity index (χ2n) is 9.49. The molecule has 0 spiro atoms. The maximum Gasteiger partial charge on any atom is 0.261 e. The highest BCUT2D eigenvalue weighted by Crippen LogP contribution is 2.38. The van der Waals surface area contributed by atoms with Gasteiger partial charge in [0.1, 0.15) is 23.2 Å². The summed E-state index contributed by atoms with van der Waals surface area (Å²) in [6.07, 6.45) is 2.44. The lowest BCUT2D eigenvalue weighted by molar-refractivity contribution is -0.113. The van der Waals surface area contributed by atoms with E-state index in [0.29, 0.717) is 39.8 Å². The Balaban J connectivity index is 1.54. The van der Waals surface area contributed by atoms with Crippen LogP contribution in [0.25, 0.3) is 0 Å². The quantitative estimate of drug-likeness (QED) is 0.280. The zero-order chi connectivity index (χ0) is 27.5. The van der Waals surface area contributed by atoms with Crippen LogP contribution in [0.3, 0.4) is 0 Å². The highest BCUT2D eigenvalue weighted by molar-refractivity contribution is 6.09. The van der Waals surface area contributed by atoms with Gasteiger partial charge in [0.2, 0.25) is 0 Å². The van der Waals surface area contributed by atoms with E-state index in [2.05, 4.69) is 40.1 Å². The number of nitrogens with one attached hydrogen (secondary N) is 3. The van der Waals surface area contributed by atoms with Gasteiger partial charge in [-0.2, -0.15) is 5.10 Å². The van der Waals surface area contributed by atoms with Crippen molar-refractivity contribution in [2.24, 2.45) is 0 Å². The molecule has 8 heteroatoms. The summed E-state index contributed by atoms with van der Waals surface area (Å²) in [6, 6.07) is 22.4. The molecule has 0 saturated heterocycles. The summed E-state index contributed by atoms with van der Waals surface area (Å²) < 4.78 is 7.13. The van der Waals surface area contributed by atoms with Gasteiger partial charge < -0.3 is 20.7 Å². The van der Waals surface area contributed by atoms with Crippen molar-refractivity contribution >= 4 is 29.0 Å². The molecular formula is C31H31N5O3. The van der Waals surface area contributed by atoms with E-state index in [1.54, 1.807) is 23.9 Å². The van der Waals surface area contributed by atoms with Crippen LogP contribution in [0.2, 0.25) is 0 Å². The van der Waals surface area contributed by atoms with Gasteiger partial charge in [0.25, 0.3) is 11.8 Å². The number of para-hydroxylation sites is 2. The van der Waals surface area contributed by atoms with Gasteiger partial charge >= 0.3 is 0 Å². The first-order chi connectivity index (χ1) is 18.9. The van der Waals surface area contributed by atoms with Crippen molar-refractivity contribution in [3.63, 3.8) is 0 Å². The van der Waals surface area contributed by atoms with E-state index in [0.717, 1.165) is 17.5 Å². The van der Waals surface area contributed by atoms with Gasteiger partial charge in [-0.1, -0.05) is 61.0 Å². The molecule has 2 amide bonds. The number of aromatic nitrogens is 2. The van der Waals surface area contributed by atoms with Crippen LogP contribution in [0.4, 0.5) is 17.2 Å². The predicted octanol–water partition coefficient (Wildman–Crippen LogP) is 5.94. The molecule has 1 aromatic heterocycles. The number of carbonyl (C=O) groups is 2. The van der Waals surface area contributed by atoms with E-state index >= 15 is 0 Å². The molecule has 0 unspecified atom stereocenters. The maximum atomic E-state index is 13.8. The lowest BCUT2D eigenvalue weighted by atomic mass is 9.93. The molecule has 8 nitrogen and oxygen atoms in total. The van der Waals surface area contributed by atoms with Gasteiger partial charge in [0, 0.05) is 11.4 Å². The molecule has 1 aliphatic rings. The number of ether oxygens (including phenoxy) is 1. The van der Waals surface area contributed by atoms with Crippen molar-refractivity contribution < 1.29 is 14.3 Å². The van der Waals surface area contributed by atoms with E-state index in [1.165, 1.54) is 11.8 Å². The fourth-order valence-corrected chi connectivity index (χ4v) is 4.73. The number of hydrogen-bond donors (Lipinski definition) is 3. The van der Waals surface area contributed by atoms with E-state index in [9.17, 15) is 9.59 Å². The number of carbonyl (C=O) groups excluding carboxylic acids is 2. The number of rotatable bonds is 7. The topological polar surface area (TPSA) is 97.3 Å². The van der Waals surface area contributed by atoms with Crippen molar-refractivity contribution in [3.8, 4) is 5.75 Å². The van der Waals surface area contributed by atoms with Gasteiger partial charge in [-0.15, -0.1) is 0 Å². The van der Waals surface area contributed by atoms with Gasteiger partial charge in [-0.25, -0.2) is 4.68 Å². The zero-order valence-electron chi connectivity index (χ0n) is 22.4. The molecule has 3 aromatic carbocycles. The summed E-state index contributed by atoms with van der Waals surface area (Å²) in [5.41, 5.74) is 5.94. The van der Waals surface area contributed by atoms with Gasteiger partial charge in [0.05, 0.1) is 24.6 Å². The van der Waals surface area contributed by atoms with E-state index in [1.807, 2.05) is 62.4 Å². The Bertz CT molecular complexity index is 1550. The first-order valence-corrected chi connectivity index (χ1v) is 12.9. The second-order valence-corrected chi connectivity index (χ2v) is 9.49. The molecule has 198 valence electrons. The van der Waals surface area contributed by atoms with Gasteiger partial charge in [-0.3, -0.25) is 9.59 Å². The number of allylic oxidation sites excluding steroid dienone is 1. The third-order valence-corrected chi connectivity index (χ3v) is 6.88. The summed E-state index contributed by atoms with van der Waals surface area (Å²) in [5.74, 6) is 0.505. The Morgan fingerprint density at radius 1 is 0.949 bits per heavy atom. The fraction of sp³-hybridized carbons (Fsp3) is 0.194. The number of anilines is 3. The minimum absolute atomic E-state index is 0.289. The summed E-state index contributed by atoms with van der Waals surface area (Å²) in [7, 11) is 1.56. The highest BCUT2D eigenvalue weighted by Gasteiger charge is 2.35. The van der Waals surface area contributed by atoms with E-state index in [-0.39, 0.29) is 11.8 Å². The molecule has 3 N–H and O–H groups in total. The minimum atomic E-state index is -0.553. The summed E-state index contributed by atoms with van der Waals surface area (Å²) in [6.45, 7) is 5.93. The summed E-state index contributed by atoms with van der Waals surface area (Å²) >= 11 is 0. The largest absolute Gasteiger partial charge is 0.495 e. The Hall–Kier alpha value is -4.85. The average molecular weight is 522 g/mol. The molecule has 0 bridgehead atoms. The van der Waals surface area contributed by atoms with E-state index < -0.39 is 6.04 Å². The molecule has 1 atom stereocenters. The standard InChI is InChI=1S/C31H31N5O3/c1-5-21-12-14-22(15-13-21)28-27(31(38)35-25-8-6-7-9-26(25)39-4)20(3)33-29-24(18-32-36(28)29)30(37)34-23-16-10-19(2)11-17-23/h6-18,28,33H,5H2,1-4H3,(H,34,37)(H,35,38)/t28-/m1/s1. The molecule has 0 radical (unpaired) electrons. The van der Waals surface area contributed by atoms with Crippen molar-refractivity contribution in [3.05, 3.63) is 113 Å². The van der Waals surface area contributed by atoms with Crippen molar-refractivity contribution in [2.45, 2.75) is 33.2 Å². The molecule has 5 rings (SSSR count). The monoisotopic (exact) mass is 521 g/mol. The lowest BCUT2D eigenvalue weighted by Gasteiger charge is -2.30. The van der Waals surface area contributed by atoms with Crippen molar-refractivity contribution in [1.82, 2.24) is 9.78 Å². The maximum absolute atomic E-state index is 13.8. The van der Waals surface area contributed by atoms with Crippen LogP contribution in [-0.4, -0.2) is 28.7 Å². The predicted molar refractivity (Wildman–Crippen MR) is 153 cm³/mol. The molecule has 0 fully saturated rings. The third-order valence-electron chi connectivity index (χ3n) is 6.88. The summed E-state index contributed by atoms with van der Waals surface area (Å²) in [4.78, 5) is 27.1. The SMILES string of the molecule is CCc1ccc([C@@H]2C(C(=O)Nc3ccccc3OC)=C(C)Nc3c(C(=O)Nc4ccc(C)cc4)cnn32)cc1. The lowest BCUT2D eigenvalue weighted by Crippen LogP contribution is -2.32. The van der Waals surface area contributed by atoms with Gasteiger partial charge in [-0.05, 0) is 55.7 Å². The van der Waals surface area contributed by atoms with Crippen LogP contribution >= 0.6 is 0 Å². The number of nitrogens with zero attached hydrogens (tertiary/aromatic N) is 2. The number of fused-ring (bicyclic) bond motifs is 1. The Labute approximate surface area is 227 Å². The normalized spacial score (nSPS) is 14.3. The number of amides is 2. The Kier molecular flexibility index (Phi) is 7.19. The summed E-state index contributed by atoms with van der Waals surface area (Å²) in [5, 5.41) is 13.8. The first-order valence-electron chi connectivity index (χ1n) is 12.9. The van der Waals surface area contributed by atoms with Crippen molar-refractivity contribution in [1.29, 1.82) is 0 Å². The fourth-order valence-electron chi connectivity index (χ4n) is 4.73. The number of benzene rings is 3. The minimum Gasteiger partial charge on any atom is -0.495 e. The Morgan fingerprint density at radius 2 is 1.67 bits per heavy atom. The van der Waals surface area contributed by atoms with Crippen LogP contribution in [0, 0.1) is 6.92 Å². The number of methoxy groups -OCH3 is 1. The number of aryl methyl sites for hydroxylation is 2. The molecule has 0 saturated carbocycles. The smallest absolute Gasteiger partial charge is 0.261 e.